The molecule has 1 aromatic rings. The number of hydrogen-bond donors (Lipinski definition) is 1. The Hall–Kier alpha value is -0.680. The van der Waals surface area contributed by atoms with Crippen LogP contribution in [0.3, 0.4) is 0 Å². The first-order chi connectivity index (χ1) is 6.18. The number of pyridine rings is 1. The summed E-state index contributed by atoms with van der Waals surface area (Å²) in [6, 6.07) is 0. The highest BCUT2D eigenvalue weighted by atomic mass is 79.9. The van der Waals surface area contributed by atoms with Crippen LogP contribution in [0.1, 0.15) is 0 Å². The zero-order chi connectivity index (χ0) is 9.42. The predicted octanol–water partition coefficient (Wildman–Crippen LogP) is 2.03. The van der Waals surface area contributed by atoms with Crippen LogP contribution in [-0.2, 0) is 0 Å². The number of anilines is 2. The maximum Gasteiger partial charge on any atom is 0.0994 e. The van der Waals surface area contributed by atoms with Crippen LogP contribution in [-0.4, -0.2) is 23.6 Å². The molecule has 0 aromatic carbocycles. The summed E-state index contributed by atoms with van der Waals surface area (Å²) in [7, 11) is 2.01. The average molecular weight is 258 g/mol. The molecule has 2 heterocycles. The molecule has 0 amide bonds. The third-order valence-corrected chi connectivity index (χ3v) is 2.72. The van der Waals surface area contributed by atoms with E-state index in [2.05, 4.69) is 31.1 Å². The van der Waals surface area contributed by atoms with E-state index in [-0.39, 0.29) is 0 Å². The van der Waals surface area contributed by atoms with Gasteiger partial charge in [0.1, 0.15) is 0 Å². The molecule has 1 N–H and O–H groups in total. The van der Waals surface area contributed by atoms with E-state index < -0.39 is 0 Å². The maximum atomic E-state index is 5.11. The highest BCUT2D eigenvalue weighted by Gasteiger charge is 2.18. The summed E-state index contributed by atoms with van der Waals surface area (Å²) in [6.45, 7) is 0.755. The van der Waals surface area contributed by atoms with Crippen molar-refractivity contribution in [1.29, 1.82) is 0 Å². The first-order valence-corrected chi connectivity index (χ1v) is 5.03. The molecule has 3 nitrogen and oxygen atoms in total. The van der Waals surface area contributed by atoms with Gasteiger partial charge in [-0.3, -0.25) is 4.98 Å². The second-order valence-electron chi connectivity index (χ2n) is 2.92. The second-order valence-corrected chi connectivity index (χ2v) is 4.27. The molecule has 0 bridgehead atoms. The fourth-order valence-corrected chi connectivity index (χ4v) is 2.33. The van der Waals surface area contributed by atoms with Crippen molar-refractivity contribution in [1.82, 2.24) is 4.98 Å². The Balaban J connectivity index is 2.55. The molecular formula is C8H8BrN3S. The minimum absolute atomic E-state index is 0.755. The highest BCUT2D eigenvalue weighted by molar-refractivity contribution is 9.10. The Morgan fingerprint density at radius 2 is 2.38 bits per heavy atom. The van der Waals surface area contributed by atoms with Crippen molar-refractivity contribution in [3.63, 3.8) is 0 Å². The van der Waals surface area contributed by atoms with E-state index in [1.165, 1.54) is 0 Å². The van der Waals surface area contributed by atoms with Gasteiger partial charge >= 0.3 is 0 Å². The molecule has 0 atom stereocenters. The minimum atomic E-state index is 0.755. The van der Waals surface area contributed by atoms with Gasteiger partial charge in [-0.25, -0.2) is 0 Å². The van der Waals surface area contributed by atoms with E-state index >= 15 is 0 Å². The normalized spacial score (nSPS) is 15.2. The SMILES string of the molecule is CN1CC(=S)Nc2cncc(Br)c21. The lowest BCUT2D eigenvalue weighted by molar-refractivity contribution is 1.04. The first-order valence-electron chi connectivity index (χ1n) is 3.83. The summed E-state index contributed by atoms with van der Waals surface area (Å²) in [5.41, 5.74) is 2.08. The molecule has 1 aromatic heterocycles. The van der Waals surface area contributed by atoms with Gasteiger partial charge in [-0.05, 0) is 15.9 Å². The summed E-state index contributed by atoms with van der Waals surface area (Å²) < 4.78 is 0.988. The quantitative estimate of drug-likeness (QED) is 0.721. The zero-order valence-electron chi connectivity index (χ0n) is 7.04. The van der Waals surface area contributed by atoms with Crippen molar-refractivity contribution in [2.75, 3.05) is 23.8 Å². The van der Waals surface area contributed by atoms with Gasteiger partial charge in [0.2, 0.25) is 0 Å². The molecule has 0 saturated heterocycles. The van der Waals surface area contributed by atoms with E-state index in [1.807, 2.05) is 7.05 Å². The molecule has 0 spiro atoms. The summed E-state index contributed by atoms with van der Waals surface area (Å²) in [4.78, 5) is 7.00. The van der Waals surface area contributed by atoms with Crippen LogP contribution in [0.15, 0.2) is 16.9 Å². The number of halogens is 1. The van der Waals surface area contributed by atoms with Crippen LogP contribution in [0, 0.1) is 0 Å². The lowest BCUT2D eigenvalue weighted by Crippen LogP contribution is -2.34. The van der Waals surface area contributed by atoms with Crippen LogP contribution in [0.5, 0.6) is 0 Å². The molecule has 0 aliphatic carbocycles. The number of thiocarbonyl (C=S) groups is 1. The Kier molecular flexibility index (Phi) is 2.21. The van der Waals surface area contributed by atoms with E-state index in [0.717, 1.165) is 27.4 Å². The number of nitrogens with zero attached hydrogens (tertiary/aromatic N) is 2. The van der Waals surface area contributed by atoms with Gasteiger partial charge in [0.15, 0.2) is 0 Å². The van der Waals surface area contributed by atoms with Gasteiger partial charge in [0.25, 0.3) is 0 Å². The van der Waals surface area contributed by atoms with Gasteiger partial charge in [0.05, 0.1) is 33.6 Å². The maximum absolute atomic E-state index is 5.11. The number of rotatable bonds is 0. The van der Waals surface area contributed by atoms with Crippen LogP contribution in [0.25, 0.3) is 0 Å². The predicted molar refractivity (Wildman–Crippen MR) is 61.4 cm³/mol. The summed E-state index contributed by atoms with van der Waals surface area (Å²) >= 11 is 8.56. The van der Waals surface area contributed by atoms with Crippen molar-refractivity contribution in [2.24, 2.45) is 0 Å². The second kappa shape index (κ2) is 3.23. The summed E-state index contributed by atoms with van der Waals surface area (Å²) in [5, 5.41) is 3.13. The Labute approximate surface area is 90.3 Å². The number of nitrogens with one attached hydrogen (secondary N) is 1. The lowest BCUT2D eigenvalue weighted by atomic mass is 10.2. The van der Waals surface area contributed by atoms with Crippen LogP contribution >= 0.6 is 28.1 Å². The number of fused-ring (bicyclic) bond motifs is 1. The lowest BCUT2D eigenvalue weighted by Gasteiger charge is -2.29. The van der Waals surface area contributed by atoms with Crippen LogP contribution < -0.4 is 10.2 Å². The highest BCUT2D eigenvalue weighted by Crippen LogP contribution is 2.34. The number of likely N-dealkylation sites (N-methyl/N-ethyl adjacent to an activating group) is 1. The fraction of sp³-hybridized carbons (Fsp3) is 0.250. The molecule has 1 aliphatic heterocycles. The Morgan fingerprint density at radius 3 is 3.15 bits per heavy atom. The van der Waals surface area contributed by atoms with Gasteiger partial charge in [-0.1, -0.05) is 12.2 Å². The molecule has 0 saturated carbocycles. The van der Waals surface area contributed by atoms with Crippen molar-refractivity contribution in [3.8, 4) is 0 Å². The monoisotopic (exact) mass is 257 g/mol. The first kappa shape index (κ1) is 8.90. The number of hydrogen-bond acceptors (Lipinski definition) is 3. The number of aromatic nitrogens is 1. The van der Waals surface area contributed by atoms with Gasteiger partial charge in [0, 0.05) is 13.2 Å². The molecule has 0 fully saturated rings. The standard InChI is InChI=1S/C8H8BrN3S/c1-12-4-7(13)11-6-3-10-2-5(9)8(6)12/h2-3H,4H2,1H3,(H,11,13). The molecule has 5 heteroatoms. The minimum Gasteiger partial charge on any atom is -0.365 e. The van der Waals surface area contributed by atoms with E-state index in [9.17, 15) is 0 Å². The van der Waals surface area contributed by atoms with Crippen LogP contribution in [0.4, 0.5) is 11.4 Å². The molecule has 68 valence electrons. The Morgan fingerprint density at radius 1 is 1.62 bits per heavy atom. The molecule has 1 aliphatic rings. The molecular weight excluding hydrogens is 250 g/mol. The van der Waals surface area contributed by atoms with E-state index in [0.29, 0.717) is 0 Å². The molecule has 0 unspecified atom stereocenters. The zero-order valence-corrected chi connectivity index (χ0v) is 9.44. The third-order valence-electron chi connectivity index (χ3n) is 1.91. The summed E-state index contributed by atoms with van der Waals surface area (Å²) in [6.07, 6.45) is 3.56. The molecule has 2 rings (SSSR count). The largest absolute Gasteiger partial charge is 0.365 e. The van der Waals surface area contributed by atoms with E-state index in [4.69, 9.17) is 12.2 Å². The van der Waals surface area contributed by atoms with Crippen LogP contribution in [0.2, 0.25) is 0 Å². The van der Waals surface area contributed by atoms with Gasteiger partial charge in [-0.2, -0.15) is 0 Å². The van der Waals surface area contributed by atoms with Crippen molar-refractivity contribution < 1.29 is 0 Å². The summed E-state index contributed by atoms with van der Waals surface area (Å²) in [5.74, 6) is 0. The Bertz CT molecular complexity index is 366. The molecule has 13 heavy (non-hydrogen) atoms. The van der Waals surface area contributed by atoms with E-state index in [1.54, 1.807) is 12.4 Å². The van der Waals surface area contributed by atoms with Gasteiger partial charge < -0.3 is 10.2 Å². The van der Waals surface area contributed by atoms with Crippen molar-refractivity contribution in [3.05, 3.63) is 16.9 Å². The third kappa shape index (κ3) is 1.53. The fourth-order valence-electron chi connectivity index (χ4n) is 1.39. The topological polar surface area (TPSA) is 28.2 Å². The molecule has 0 radical (unpaired) electrons. The van der Waals surface area contributed by atoms with Gasteiger partial charge in [-0.15, -0.1) is 0 Å². The van der Waals surface area contributed by atoms with Crippen molar-refractivity contribution >= 4 is 44.5 Å². The van der Waals surface area contributed by atoms with Crippen molar-refractivity contribution in [2.45, 2.75) is 0 Å². The average Bonchev–Trinajstić information content (AvgIpc) is 2.02. The smallest absolute Gasteiger partial charge is 0.0994 e.